The highest BCUT2D eigenvalue weighted by Gasteiger charge is 2.38. The average Bonchev–Trinajstić information content (AvgIpc) is 3.82. The number of aromatic nitrogens is 2. The van der Waals surface area contributed by atoms with Crippen LogP contribution < -0.4 is 0 Å². The molecule has 0 bridgehead atoms. The summed E-state index contributed by atoms with van der Waals surface area (Å²) in [5, 5.41) is 10.2. The molecule has 0 spiro atoms. The molecule has 36 heavy (non-hydrogen) atoms. The second kappa shape index (κ2) is 10.6. The van der Waals surface area contributed by atoms with Gasteiger partial charge in [-0.15, -0.1) is 0 Å². The van der Waals surface area contributed by atoms with Crippen LogP contribution in [0.2, 0.25) is 0 Å². The highest BCUT2D eigenvalue weighted by atomic mass is 16.5. The molecule has 3 heterocycles. The lowest BCUT2D eigenvalue weighted by atomic mass is 9.95. The van der Waals surface area contributed by atoms with Gasteiger partial charge in [0.15, 0.2) is 0 Å². The molecule has 6 nitrogen and oxygen atoms in total. The van der Waals surface area contributed by atoms with Crippen molar-refractivity contribution in [2.24, 2.45) is 5.92 Å². The van der Waals surface area contributed by atoms with Crippen LogP contribution in [-0.4, -0.2) is 51.7 Å². The Bertz CT molecular complexity index is 1090. The fourth-order valence-corrected chi connectivity index (χ4v) is 6.05. The first-order valence-electron chi connectivity index (χ1n) is 14.2. The van der Waals surface area contributed by atoms with Gasteiger partial charge in [0.1, 0.15) is 6.04 Å². The van der Waals surface area contributed by atoms with Crippen LogP contribution in [0.15, 0.2) is 24.3 Å². The van der Waals surface area contributed by atoms with Gasteiger partial charge in [0.25, 0.3) is 0 Å². The first kappa shape index (κ1) is 24.1. The number of aryl methyl sites for hydroxylation is 3. The van der Waals surface area contributed by atoms with Crippen LogP contribution in [0.4, 0.5) is 0 Å². The summed E-state index contributed by atoms with van der Waals surface area (Å²) in [6.45, 7) is 2.11. The van der Waals surface area contributed by atoms with Crippen molar-refractivity contribution in [2.45, 2.75) is 95.1 Å². The molecule has 4 aliphatic rings. The standard InChI is InChI=1S/C30H39N3O3/c34-30(35)29(26-14-13-24(18-20-7-8-20)32-28(26)22-9-10-22)33-16-15-25(19-33)36-17-3-5-23-12-11-21-4-1-2-6-27(21)31-23/h11-14,20,22,25,29H,1-10,15-19H2,(H,34,35)/t25-,29?/m1/s1. The molecule has 1 unspecified atom stereocenters. The zero-order chi connectivity index (χ0) is 24.5. The molecular formula is C30H39N3O3. The van der Waals surface area contributed by atoms with Gasteiger partial charge in [-0.05, 0) is 101 Å². The number of rotatable bonds is 11. The van der Waals surface area contributed by atoms with Gasteiger partial charge in [-0.3, -0.25) is 19.7 Å². The first-order chi connectivity index (χ1) is 17.6. The van der Waals surface area contributed by atoms with Crippen LogP contribution in [0.1, 0.15) is 97.2 Å². The minimum absolute atomic E-state index is 0.0924. The normalized spacial score (nSPS) is 22.9. The topological polar surface area (TPSA) is 75.5 Å². The van der Waals surface area contributed by atoms with Crippen molar-refractivity contribution in [3.63, 3.8) is 0 Å². The second-order valence-electron chi connectivity index (χ2n) is 11.4. The van der Waals surface area contributed by atoms with E-state index in [0.717, 1.165) is 74.4 Å². The van der Waals surface area contributed by atoms with Gasteiger partial charge in [-0.25, -0.2) is 0 Å². The predicted molar refractivity (Wildman–Crippen MR) is 138 cm³/mol. The van der Waals surface area contributed by atoms with Gasteiger partial charge >= 0.3 is 5.97 Å². The maximum absolute atomic E-state index is 12.5. The van der Waals surface area contributed by atoms with E-state index in [-0.39, 0.29) is 6.10 Å². The molecule has 2 atom stereocenters. The number of carboxylic acids is 1. The Morgan fingerprint density at radius 1 is 1.03 bits per heavy atom. The number of hydrogen-bond donors (Lipinski definition) is 1. The van der Waals surface area contributed by atoms with Gasteiger partial charge in [-0.1, -0.05) is 12.1 Å². The summed E-state index contributed by atoms with van der Waals surface area (Å²) in [4.78, 5) is 24.4. The molecule has 2 saturated carbocycles. The zero-order valence-corrected chi connectivity index (χ0v) is 21.3. The van der Waals surface area contributed by atoms with Gasteiger partial charge in [0, 0.05) is 54.0 Å². The average molecular weight is 490 g/mol. The van der Waals surface area contributed by atoms with E-state index in [9.17, 15) is 9.90 Å². The van der Waals surface area contributed by atoms with Crippen molar-refractivity contribution in [2.75, 3.05) is 19.7 Å². The molecule has 2 aromatic rings. The van der Waals surface area contributed by atoms with Crippen molar-refractivity contribution in [3.05, 3.63) is 58.2 Å². The zero-order valence-electron chi connectivity index (χ0n) is 21.3. The summed E-state index contributed by atoms with van der Waals surface area (Å²) < 4.78 is 6.22. The SMILES string of the molecule is O=C(O)C(c1ccc(CC2CC2)nc1C1CC1)N1CC[C@@H](OCCCc2ccc3c(n2)CCCC3)C1. The van der Waals surface area contributed by atoms with Gasteiger partial charge in [0.2, 0.25) is 0 Å². The number of hydrogen-bond acceptors (Lipinski definition) is 5. The smallest absolute Gasteiger partial charge is 0.325 e. The Kier molecular flexibility index (Phi) is 7.07. The summed E-state index contributed by atoms with van der Waals surface area (Å²) in [5.74, 6) is 0.450. The van der Waals surface area contributed by atoms with Crippen molar-refractivity contribution >= 4 is 5.97 Å². The molecular weight excluding hydrogens is 450 g/mol. The van der Waals surface area contributed by atoms with Crippen LogP contribution in [0.5, 0.6) is 0 Å². The number of carbonyl (C=O) groups is 1. The lowest BCUT2D eigenvalue weighted by Crippen LogP contribution is -2.34. The van der Waals surface area contributed by atoms with Crippen molar-refractivity contribution in [1.29, 1.82) is 0 Å². The maximum atomic E-state index is 12.5. The molecule has 3 aliphatic carbocycles. The minimum Gasteiger partial charge on any atom is -0.480 e. The number of pyridine rings is 2. The number of nitrogens with zero attached hydrogens (tertiary/aromatic N) is 3. The highest BCUT2D eigenvalue weighted by molar-refractivity contribution is 5.76. The van der Waals surface area contributed by atoms with Crippen molar-refractivity contribution < 1.29 is 14.6 Å². The monoisotopic (exact) mass is 489 g/mol. The Morgan fingerprint density at radius 2 is 1.86 bits per heavy atom. The van der Waals surface area contributed by atoms with Gasteiger partial charge in [-0.2, -0.15) is 0 Å². The molecule has 0 amide bonds. The molecule has 6 heteroatoms. The summed E-state index contributed by atoms with van der Waals surface area (Å²) in [7, 11) is 0. The van der Waals surface area contributed by atoms with E-state index in [0.29, 0.717) is 19.1 Å². The molecule has 1 saturated heterocycles. The third kappa shape index (κ3) is 5.65. The Labute approximate surface area is 214 Å². The maximum Gasteiger partial charge on any atom is 0.325 e. The Hall–Kier alpha value is -2.31. The van der Waals surface area contributed by atoms with E-state index < -0.39 is 12.0 Å². The minimum atomic E-state index is -0.771. The van der Waals surface area contributed by atoms with Crippen molar-refractivity contribution in [1.82, 2.24) is 14.9 Å². The third-order valence-electron chi connectivity index (χ3n) is 8.41. The van der Waals surface area contributed by atoms with E-state index >= 15 is 0 Å². The highest BCUT2D eigenvalue weighted by Crippen LogP contribution is 2.44. The number of aliphatic carboxylic acids is 1. The lowest BCUT2D eigenvalue weighted by molar-refractivity contribution is -0.143. The Balaban J connectivity index is 1.04. The van der Waals surface area contributed by atoms with E-state index in [1.165, 1.54) is 49.1 Å². The molecule has 0 aromatic carbocycles. The molecule has 192 valence electrons. The molecule has 6 rings (SSSR count). The van der Waals surface area contributed by atoms with E-state index in [2.05, 4.69) is 29.2 Å². The molecule has 3 fully saturated rings. The summed E-state index contributed by atoms with van der Waals surface area (Å²) >= 11 is 0. The first-order valence-corrected chi connectivity index (χ1v) is 14.2. The van der Waals surface area contributed by atoms with Crippen LogP contribution in [0, 0.1) is 5.92 Å². The molecule has 1 aliphatic heterocycles. The number of likely N-dealkylation sites (tertiary alicyclic amines) is 1. The molecule has 1 N–H and O–H groups in total. The van der Waals surface area contributed by atoms with E-state index in [4.69, 9.17) is 14.7 Å². The third-order valence-corrected chi connectivity index (χ3v) is 8.41. The van der Waals surface area contributed by atoms with Crippen LogP contribution in [0.25, 0.3) is 0 Å². The number of ether oxygens (including phenoxy) is 1. The van der Waals surface area contributed by atoms with E-state index in [1.54, 1.807) is 0 Å². The van der Waals surface area contributed by atoms with Crippen LogP contribution >= 0.6 is 0 Å². The molecule has 2 aromatic heterocycles. The lowest BCUT2D eigenvalue weighted by Gasteiger charge is -2.26. The van der Waals surface area contributed by atoms with Gasteiger partial charge in [0.05, 0.1) is 6.10 Å². The second-order valence-corrected chi connectivity index (χ2v) is 11.4. The van der Waals surface area contributed by atoms with Gasteiger partial charge < -0.3 is 9.84 Å². The summed E-state index contributed by atoms with van der Waals surface area (Å²) in [6.07, 6.45) is 13.6. The Morgan fingerprint density at radius 3 is 2.67 bits per heavy atom. The van der Waals surface area contributed by atoms with Crippen LogP contribution in [-0.2, 0) is 35.2 Å². The number of fused-ring (bicyclic) bond motifs is 1. The fraction of sp³-hybridized carbons (Fsp3) is 0.633. The van der Waals surface area contributed by atoms with Crippen LogP contribution in [0.3, 0.4) is 0 Å². The van der Waals surface area contributed by atoms with E-state index in [1.807, 2.05) is 0 Å². The summed E-state index contributed by atoms with van der Waals surface area (Å²) in [6, 6.07) is 7.96. The predicted octanol–water partition coefficient (Wildman–Crippen LogP) is 5.03. The van der Waals surface area contributed by atoms with Crippen molar-refractivity contribution in [3.8, 4) is 0 Å². The fourth-order valence-electron chi connectivity index (χ4n) is 6.05. The summed E-state index contributed by atoms with van der Waals surface area (Å²) in [5.41, 5.74) is 6.99. The largest absolute Gasteiger partial charge is 0.480 e. The quantitative estimate of drug-likeness (QED) is 0.446. The molecule has 0 radical (unpaired) electrons. The number of carboxylic acid groups (broad SMARTS) is 1.